The van der Waals surface area contributed by atoms with Gasteiger partial charge in [-0.15, -0.1) is 24.0 Å². The van der Waals surface area contributed by atoms with Crippen molar-refractivity contribution in [3.63, 3.8) is 0 Å². The van der Waals surface area contributed by atoms with E-state index in [1.165, 1.54) is 0 Å². The number of halogens is 1. The molecule has 1 aliphatic carbocycles. The maximum atomic E-state index is 12.1. The molecule has 0 aliphatic heterocycles. The van der Waals surface area contributed by atoms with Crippen LogP contribution < -0.4 is 10.6 Å². The Labute approximate surface area is 177 Å². The van der Waals surface area contributed by atoms with Crippen LogP contribution in [0.2, 0.25) is 0 Å². The maximum Gasteiger partial charge on any atom is 0.191 e. The molecule has 1 saturated carbocycles. The highest BCUT2D eigenvalue weighted by Crippen LogP contribution is 2.23. The predicted molar refractivity (Wildman–Crippen MR) is 121 cm³/mol. The molecule has 26 heavy (non-hydrogen) atoms. The average molecular weight is 493 g/mol. The number of guanidine groups is 1. The van der Waals surface area contributed by atoms with Gasteiger partial charge in [-0.2, -0.15) is 0 Å². The van der Waals surface area contributed by atoms with E-state index in [4.69, 9.17) is 4.42 Å². The van der Waals surface area contributed by atoms with Gasteiger partial charge in [0.25, 0.3) is 0 Å². The van der Waals surface area contributed by atoms with Crippen molar-refractivity contribution in [1.82, 2.24) is 10.6 Å². The van der Waals surface area contributed by atoms with Crippen molar-refractivity contribution in [3.8, 4) is 0 Å². The second-order valence-corrected chi connectivity index (χ2v) is 8.68. The fourth-order valence-electron chi connectivity index (χ4n) is 3.07. The van der Waals surface area contributed by atoms with Crippen LogP contribution in [0.5, 0.6) is 0 Å². The normalized spacial score (nSPS) is 21.5. The first kappa shape index (κ1) is 23.2. The molecule has 2 rings (SSSR count). The van der Waals surface area contributed by atoms with Gasteiger partial charge in [0.1, 0.15) is 5.76 Å². The number of aliphatic imine (C=N–C) groups is 1. The summed E-state index contributed by atoms with van der Waals surface area (Å²) in [6.45, 7) is 9.26. The second kappa shape index (κ2) is 12.5. The Hall–Kier alpha value is -0.830. The molecule has 1 fully saturated rings. The predicted octanol–water partition coefficient (Wildman–Crippen LogP) is 3.63. The first-order valence-corrected chi connectivity index (χ1v) is 10.6. The Morgan fingerprint density at radius 2 is 2.27 bits per heavy atom. The Morgan fingerprint density at radius 1 is 1.46 bits per heavy atom. The Morgan fingerprint density at radius 3 is 2.92 bits per heavy atom. The van der Waals surface area contributed by atoms with E-state index in [-0.39, 0.29) is 24.0 Å². The highest BCUT2D eigenvalue weighted by molar-refractivity contribution is 14.0. The van der Waals surface area contributed by atoms with Crippen LogP contribution in [0, 0.1) is 0 Å². The van der Waals surface area contributed by atoms with E-state index >= 15 is 0 Å². The van der Waals surface area contributed by atoms with Gasteiger partial charge >= 0.3 is 0 Å². The lowest BCUT2D eigenvalue weighted by Crippen LogP contribution is -2.47. The van der Waals surface area contributed by atoms with E-state index in [1.54, 1.807) is 6.26 Å². The van der Waals surface area contributed by atoms with E-state index in [0.717, 1.165) is 61.7 Å². The molecule has 0 saturated heterocycles. The zero-order valence-corrected chi connectivity index (χ0v) is 19.0. The van der Waals surface area contributed by atoms with Gasteiger partial charge in [0.05, 0.1) is 12.8 Å². The summed E-state index contributed by atoms with van der Waals surface area (Å²) in [5, 5.41) is 7.22. The lowest BCUT2D eigenvalue weighted by molar-refractivity contribution is 0.413. The van der Waals surface area contributed by atoms with Gasteiger partial charge in [-0.25, -0.2) is 4.99 Å². The summed E-state index contributed by atoms with van der Waals surface area (Å²) in [5.41, 5.74) is 1.03. The van der Waals surface area contributed by atoms with Gasteiger partial charge in [0.15, 0.2) is 5.96 Å². The topological polar surface area (TPSA) is 66.6 Å². The second-order valence-electron chi connectivity index (χ2n) is 6.68. The molecule has 5 nitrogen and oxygen atoms in total. The molecule has 1 aliphatic rings. The smallest absolute Gasteiger partial charge is 0.191 e. The lowest BCUT2D eigenvalue weighted by Gasteiger charge is -2.30. The van der Waals surface area contributed by atoms with Crippen molar-refractivity contribution in [1.29, 1.82) is 0 Å². The summed E-state index contributed by atoms with van der Waals surface area (Å²) in [4.78, 5) is 4.61. The number of nitrogens with zero attached hydrogens (tertiary/aromatic N) is 1. The molecule has 1 heterocycles. The Kier molecular flexibility index (Phi) is 11.2. The molecular formula is C19H32IN3O2S. The minimum Gasteiger partial charge on any atom is -0.469 e. The molecule has 0 amide bonds. The SMILES string of the molecule is C=C(C)CN=C(NCCc1ccco1)NC1CCCC(S(=O)CC)C1.I. The molecule has 3 unspecified atom stereocenters. The lowest BCUT2D eigenvalue weighted by atomic mass is 9.95. The molecule has 0 radical (unpaired) electrons. The van der Waals surface area contributed by atoms with Crippen LogP contribution in [0.3, 0.4) is 0 Å². The van der Waals surface area contributed by atoms with Crippen molar-refractivity contribution in [3.05, 3.63) is 36.3 Å². The molecule has 0 aromatic carbocycles. The average Bonchev–Trinajstić information content (AvgIpc) is 3.12. The van der Waals surface area contributed by atoms with E-state index < -0.39 is 10.8 Å². The fourth-order valence-corrected chi connectivity index (χ4v) is 4.42. The van der Waals surface area contributed by atoms with Gasteiger partial charge in [-0.3, -0.25) is 4.21 Å². The minimum absolute atomic E-state index is 0. The van der Waals surface area contributed by atoms with Crippen LogP contribution >= 0.6 is 24.0 Å². The summed E-state index contributed by atoms with van der Waals surface area (Å²) in [6.07, 6.45) is 6.75. The third kappa shape index (κ3) is 8.24. The standard InChI is InChI=1S/C19H31N3O2S.HI/c1-4-25(23)18-9-5-7-16(13-18)22-19(21-14-15(2)3)20-11-10-17-8-6-12-24-17;/h6,8,12,16,18H,2,4-5,7,9-11,13-14H2,1,3H3,(H2,20,21,22);1H. The van der Waals surface area contributed by atoms with Gasteiger partial charge < -0.3 is 15.1 Å². The van der Waals surface area contributed by atoms with E-state index in [9.17, 15) is 4.21 Å². The number of hydrogen-bond donors (Lipinski definition) is 2. The van der Waals surface area contributed by atoms with Gasteiger partial charge in [-0.05, 0) is 38.3 Å². The van der Waals surface area contributed by atoms with Gasteiger partial charge in [-0.1, -0.05) is 25.5 Å². The number of furan rings is 1. The minimum atomic E-state index is -0.712. The third-order valence-electron chi connectivity index (χ3n) is 4.37. The summed E-state index contributed by atoms with van der Waals surface area (Å²) in [7, 11) is -0.712. The van der Waals surface area contributed by atoms with Crippen molar-refractivity contribution in [2.75, 3.05) is 18.8 Å². The van der Waals surface area contributed by atoms with Crippen molar-refractivity contribution >= 4 is 40.7 Å². The van der Waals surface area contributed by atoms with Crippen molar-refractivity contribution in [2.45, 2.75) is 57.2 Å². The van der Waals surface area contributed by atoms with E-state index in [2.05, 4.69) is 22.2 Å². The molecule has 1 aromatic rings. The van der Waals surface area contributed by atoms with E-state index in [0.29, 0.717) is 17.8 Å². The summed E-state index contributed by atoms with van der Waals surface area (Å²) < 4.78 is 17.5. The first-order valence-electron chi connectivity index (χ1n) is 9.17. The number of nitrogens with one attached hydrogen (secondary N) is 2. The van der Waals surface area contributed by atoms with Gasteiger partial charge in [0, 0.05) is 40.8 Å². The molecule has 3 atom stereocenters. The molecule has 0 spiro atoms. The number of rotatable bonds is 8. The summed E-state index contributed by atoms with van der Waals surface area (Å²) >= 11 is 0. The molecule has 0 bridgehead atoms. The van der Waals surface area contributed by atoms with Crippen molar-refractivity contribution in [2.24, 2.45) is 4.99 Å². The third-order valence-corrected chi connectivity index (χ3v) is 6.12. The Balaban J connectivity index is 0.00000338. The Bertz CT molecular complexity index is 590. The fraction of sp³-hybridized carbons (Fsp3) is 0.632. The first-order chi connectivity index (χ1) is 12.1. The zero-order chi connectivity index (χ0) is 18.1. The highest BCUT2D eigenvalue weighted by Gasteiger charge is 2.26. The quantitative estimate of drug-likeness (QED) is 0.251. The molecule has 7 heteroatoms. The van der Waals surface area contributed by atoms with Crippen LogP contribution in [-0.4, -0.2) is 40.3 Å². The molecule has 148 valence electrons. The van der Waals surface area contributed by atoms with Crippen LogP contribution in [0.25, 0.3) is 0 Å². The highest BCUT2D eigenvalue weighted by atomic mass is 127. The maximum absolute atomic E-state index is 12.1. The number of hydrogen-bond acceptors (Lipinski definition) is 3. The summed E-state index contributed by atoms with van der Waals surface area (Å²) in [6, 6.07) is 4.21. The monoisotopic (exact) mass is 493 g/mol. The summed E-state index contributed by atoms with van der Waals surface area (Å²) in [5.74, 6) is 2.51. The zero-order valence-electron chi connectivity index (χ0n) is 15.8. The van der Waals surface area contributed by atoms with Crippen LogP contribution in [0.4, 0.5) is 0 Å². The molecular weight excluding hydrogens is 461 g/mol. The van der Waals surface area contributed by atoms with E-state index in [1.807, 2.05) is 26.0 Å². The van der Waals surface area contributed by atoms with Gasteiger partial charge in [0.2, 0.25) is 0 Å². The molecule has 1 aromatic heterocycles. The van der Waals surface area contributed by atoms with Crippen LogP contribution in [-0.2, 0) is 17.2 Å². The largest absolute Gasteiger partial charge is 0.469 e. The van der Waals surface area contributed by atoms with Crippen LogP contribution in [0.1, 0.15) is 45.3 Å². The molecule has 2 N–H and O–H groups in total. The van der Waals surface area contributed by atoms with Crippen LogP contribution in [0.15, 0.2) is 40.0 Å². The van der Waals surface area contributed by atoms with Crippen molar-refractivity contribution < 1.29 is 8.63 Å².